The van der Waals surface area contributed by atoms with Crippen LogP contribution >= 0.6 is 0 Å². The first-order valence-corrected chi connectivity index (χ1v) is 7.06. The Morgan fingerprint density at radius 3 is 2.76 bits per heavy atom. The minimum absolute atomic E-state index is 0.145. The maximum absolute atomic E-state index is 11.9. The number of hydrogen-bond acceptors (Lipinski definition) is 4. The van der Waals surface area contributed by atoms with Gasteiger partial charge in [-0.2, -0.15) is 0 Å². The largest absolute Gasteiger partial charge is 0.465 e. The van der Waals surface area contributed by atoms with E-state index in [0.717, 1.165) is 5.56 Å². The number of ether oxygens (including phenoxy) is 1. The van der Waals surface area contributed by atoms with Gasteiger partial charge in [-0.1, -0.05) is 13.0 Å². The third-order valence-corrected chi connectivity index (χ3v) is 4.92. The number of carbonyl (C=O) groups excluding carboxylic acids is 1. The van der Waals surface area contributed by atoms with E-state index in [1.54, 1.807) is 12.1 Å². The van der Waals surface area contributed by atoms with Crippen LogP contribution in [0.2, 0.25) is 0 Å². The van der Waals surface area contributed by atoms with E-state index >= 15 is 0 Å². The summed E-state index contributed by atoms with van der Waals surface area (Å²) in [5.74, 6) is -0.160. The van der Waals surface area contributed by atoms with Crippen molar-refractivity contribution in [1.29, 1.82) is 0 Å². The van der Waals surface area contributed by atoms with Crippen molar-refractivity contribution in [3.05, 3.63) is 29.3 Å². The Morgan fingerprint density at radius 2 is 2.12 bits per heavy atom. The summed E-state index contributed by atoms with van der Waals surface area (Å²) in [4.78, 5) is 11.7. The van der Waals surface area contributed by atoms with Crippen molar-refractivity contribution in [2.24, 2.45) is 0 Å². The van der Waals surface area contributed by atoms with E-state index < -0.39 is 15.8 Å². The van der Waals surface area contributed by atoms with Crippen molar-refractivity contribution in [2.45, 2.75) is 24.2 Å². The SMILES string of the molecule is COC(=O)c1ccc2c(c1)S(=O)(=O)CC[C@H]2C. The Labute approximate surface area is 101 Å². The Hall–Kier alpha value is -1.36. The van der Waals surface area contributed by atoms with E-state index in [1.165, 1.54) is 13.2 Å². The zero-order valence-corrected chi connectivity index (χ0v) is 10.6. The van der Waals surface area contributed by atoms with Gasteiger partial charge in [0.2, 0.25) is 0 Å². The Morgan fingerprint density at radius 1 is 1.41 bits per heavy atom. The molecule has 1 heterocycles. The first kappa shape index (κ1) is 12.1. The highest BCUT2D eigenvalue weighted by molar-refractivity contribution is 7.91. The van der Waals surface area contributed by atoms with Crippen molar-refractivity contribution in [3.8, 4) is 0 Å². The van der Waals surface area contributed by atoms with Crippen LogP contribution in [-0.2, 0) is 14.6 Å². The summed E-state index contributed by atoms with van der Waals surface area (Å²) in [6, 6.07) is 4.75. The molecule has 4 nitrogen and oxygen atoms in total. The van der Waals surface area contributed by atoms with Crippen LogP contribution in [-0.4, -0.2) is 27.2 Å². The molecular formula is C12H14O4S. The van der Waals surface area contributed by atoms with Crippen LogP contribution in [0.15, 0.2) is 23.1 Å². The standard InChI is InChI=1S/C12H14O4S/c1-8-5-6-17(14,15)11-7-9(12(13)16-2)3-4-10(8)11/h3-4,7-8H,5-6H2,1-2H3/t8-/m1/s1. The Kier molecular flexibility index (Phi) is 2.95. The molecule has 0 bridgehead atoms. The van der Waals surface area contributed by atoms with Crippen LogP contribution in [0.5, 0.6) is 0 Å². The molecule has 1 aliphatic rings. The minimum Gasteiger partial charge on any atom is -0.465 e. The molecule has 0 N–H and O–H groups in total. The normalized spacial score (nSPS) is 21.6. The summed E-state index contributed by atoms with van der Waals surface area (Å²) in [5, 5.41) is 0. The van der Waals surface area contributed by atoms with E-state index in [1.807, 2.05) is 6.92 Å². The third-order valence-electron chi connectivity index (χ3n) is 3.12. The van der Waals surface area contributed by atoms with Crippen molar-refractivity contribution >= 4 is 15.8 Å². The number of methoxy groups -OCH3 is 1. The van der Waals surface area contributed by atoms with Gasteiger partial charge in [0.25, 0.3) is 0 Å². The van der Waals surface area contributed by atoms with Crippen LogP contribution in [0.4, 0.5) is 0 Å². The van der Waals surface area contributed by atoms with E-state index in [9.17, 15) is 13.2 Å². The lowest BCUT2D eigenvalue weighted by Crippen LogP contribution is -2.19. The average Bonchev–Trinajstić information content (AvgIpc) is 2.33. The maximum Gasteiger partial charge on any atom is 0.337 e. The van der Waals surface area contributed by atoms with Crippen LogP contribution in [0.1, 0.15) is 35.2 Å². The molecule has 92 valence electrons. The quantitative estimate of drug-likeness (QED) is 0.716. The number of benzene rings is 1. The third kappa shape index (κ3) is 2.07. The number of esters is 1. The predicted octanol–water partition coefficient (Wildman–Crippen LogP) is 1.75. The van der Waals surface area contributed by atoms with Gasteiger partial charge in [-0.3, -0.25) is 0 Å². The summed E-state index contributed by atoms with van der Waals surface area (Å²) < 4.78 is 28.4. The van der Waals surface area contributed by atoms with Crippen molar-refractivity contribution in [1.82, 2.24) is 0 Å². The topological polar surface area (TPSA) is 60.4 Å². The summed E-state index contributed by atoms with van der Waals surface area (Å²) >= 11 is 0. The fourth-order valence-electron chi connectivity index (χ4n) is 2.05. The molecule has 0 saturated carbocycles. The minimum atomic E-state index is -3.25. The van der Waals surface area contributed by atoms with Gasteiger partial charge in [-0.25, -0.2) is 13.2 Å². The molecule has 0 radical (unpaired) electrons. The molecule has 0 aliphatic carbocycles. The van der Waals surface area contributed by atoms with Gasteiger partial charge in [0.15, 0.2) is 9.84 Å². The van der Waals surface area contributed by atoms with E-state index in [-0.39, 0.29) is 22.1 Å². The molecule has 0 aromatic heterocycles. The van der Waals surface area contributed by atoms with Gasteiger partial charge in [-0.05, 0) is 30.0 Å². The highest BCUT2D eigenvalue weighted by atomic mass is 32.2. The molecule has 0 spiro atoms. The lowest BCUT2D eigenvalue weighted by atomic mass is 9.97. The van der Waals surface area contributed by atoms with Gasteiger partial charge in [0, 0.05) is 0 Å². The molecule has 0 saturated heterocycles. The van der Waals surface area contributed by atoms with Gasteiger partial charge >= 0.3 is 5.97 Å². The molecule has 0 fully saturated rings. The number of carbonyl (C=O) groups is 1. The molecule has 17 heavy (non-hydrogen) atoms. The van der Waals surface area contributed by atoms with Gasteiger partial charge in [-0.15, -0.1) is 0 Å². The number of rotatable bonds is 1. The van der Waals surface area contributed by atoms with E-state index in [2.05, 4.69) is 4.74 Å². The van der Waals surface area contributed by atoms with Crippen LogP contribution in [0.25, 0.3) is 0 Å². The Bertz CT molecular complexity index is 560. The Balaban J connectivity index is 2.60. The summed E-state index contributed by atoms with van der Waals surface area (Å²) in [6.45, 7) is 1.99. The predicted molar refractivity (Wildman–Crippen MR) is 62.9 cm³/mol. The van der Waals surface area contributed by atoms with Crippen molar-refractivity contribution < 1.29 is 17.9 Å². The second-order valence-electron chi connectivity index (χ2n) is 4.25. The molecule has 1 aromatic rings. The molecule has 0 unspecified atom stereocenters. The van der Waals surface area contributed by atoms with Gasteiger partial charge in [0.1, 0.15) is 0 Å². The molecule has 1 aromatic carbocycles. The van der Waals surface area contributed by atoms with E-state index in [4.69, 9.17) is 0 Å². The molecule has 0 amide bonds. The average molecular weight is 254 g/mol. The molecule has 1 aliphatic heterocycles. The molecule has 5 heteroatoms. The zero-order valence-electron chi connectivity index (χ0n) is 9.76. The highest BCUT2D eigenvalue weighted by Crippen LogP contribution is 2.33. The lowest BCUT2D eigenvalue weighted by molar-refractivity contribution is 0.0600. The highest BCUT2D eigenvalue weighted by Gasteiger charge is 2.28. The summed E-state index contributed by atoms with van der Waals surface area (Å²) in [7, 11) is -1.97. The van der Waals surface area contributed by atoms with Gasteiger partial charge in [0.05, 0.1) is 23.3 Å². The van der Waals surface area contributed by atoms with E-state index in [0.29, 0.717) is 6.42 Å². The van der Waals surface area contributed by atoms with Gasteiger partial charge < -0.3 is 4.74 Å². The first-order chi connectivity index (χ1) is 7.95. The lowest BCUT2D eigenvalue weighted by Gasteiger charge is -2.22. The summed E-state index contributed by atoms with van der Waals surface area (Å²) in [6.07, 6.45) is 0.632. The summed E-state index contributed by atoms with van der Waals surface area (Å²) in [5.41, 5.74) is 1.08. The smallest absolute Gasteiger partial charge is 0.337 e. The fraction of sp³-hybridized carbons (Fsp3) is 0.417. The monoisotopic (exact) mass is 254 g/mol. The molecular weight excluding hydrogens is 240 g/mol. The molecule has 2 rings (SSSR count). The van der Waals surface area contributed by atoms with Crippen molar-refractivity contribution in [3.63, 3.8) is 0 Å². The second-order valence-corrected chi connectivity index (χ2v) is 6.33. The number of sulfone groups is 1. The zero-order chi connectivity index (χ0) is 12.6. The number of fused-ring (bicyclic) bond motifs is 1. The molecule has 1 atom stereocenters. The first-order valence-electron chi connectivity index (χ1n) is 5.40. The van der Waals surface area contributed by atoms with Crippen LogP contribution < -0.4 is 0 Å². The second kappa shape index (κ2) is 4.14. The fourth-order valence-corrected chi connectivity index (χ4v) is 3.87. The number of hydrogen-bond donors (Lipinski definition) is 0. The van der Waals surface area contributed by atoms with Crippen LogP contribution in [0, 0.1) is 0 Å². The maximum atomic E-state index is 11.9. The van der Waals surface area contributed by atoms with Crippen LogP contribution in [0.3, 0.4) is 0 Å². The van der Waals surface area contributed by atoms with Crippen molar-refractivity contribution in [2.75, 3.05) is 12.9 Å².